The molecule has 0 aromatic heterocycles. The fraction of sp³-hybridized carbons (Fsp3) is 0.647. The average Bonchev–Trinajstić information content (AvgIpc) is 2.45. The van der Waals surface area contributed by atoms with Crippen LogP contribution in [0.1, 0.15) is 50.7 Å². The van der Waals surface area contributed by atoms with E-state index in [1.54, 1.807) is 12.1 Å². The van der Waals surface area contributed by atoms with Crippen LogP contribution in [0.4, 0.5) is 4.39 Å². The van der Waals surface area contributed by atoms with E-state index >= 15 is 0 Å². The summed E-state index contributed by atoms with van der Waals surface area (Å²) in [5.74, 6) is 0.562. The smallest absolute Gasteiger partial charge is 0.123 e. The fourth-order valence-corrected chi connectivity index (χ4v) is 3.16. The van der Waals surface area contributed by atoms with Crippen molar-refractivity contribution in [3.63, 3.8) is 0 Å². The minimum atomic E-state index is -0.501. The van der Waals surface area contributed by atoms with Crippen molar-refractivity contribution in [3.05, 3.63) is 35.6 Å². The second-order valence-electron chi connectivity index (χ2n) is 6.26. The number of benzene rings is 1. The topological polar surface area (TPSA) is 23.5 Å². The highest BCUT2D eigenvalue weighted by molar-refractivity contribution is 5.18. The van der Waals surface area contributed by atoms with Crippen molar-refractivity contribution in [1.29, 1.82) is 0 Å². The molecule has 112 valence electrons. The molecule has 1 fully saturated rings. The van der Waals surface area contributed by atoms with Crippen LogP contribution in [0.3, 0.4) is 0 Å². The first-order valence-electron chi connectivity index (χ1n) is 7.70. The van der Waals surface area contributed by atoms with E-state index in [2.05, 4.69) is 18.9 Å². The van der Waals surface area contributed by atoms with Crippen molar-refractivity contribution in [3.8, 4) is 0 Å². The Morgan fingerprint density at radius 1 is 1.30 bits per heavy atom. The Morgan fingerprint density at radius 3 is 2.65 bits per heavy atom. The van der Waals surface area contributed by atoms with Crippen LogP contribution in [0.15, 0.2) is 24.3 Å². The van der Waals surface area contributed by atoms with Gasteiger partial charge in [0.15, 0.2) is 0 Å². The minimum Gasteiger partial charge on any atom is -0.388 e. The van der Waals surface area contributed by atoms with Gasteiger partial charge in [-0.25, -0.2) is 4.39 Å². The summed E-state index contributed by atoms with van der Waals surface area (Å²) in [6.07, 6.45) is 5.40. The van der Waals surface area contributed by atoms with Crippen LogP contribution in [0.25, 0.3) is 0 Å². The monoisotopic (exact) mass is 279 g/mol. The summed E-state index contributed by atoms with van der Waals surface area (Å²) >= 11 is 0. The Kier molecular flexibility index (Phi) is 5.55. The highest BCUT2D eigenvalue weighted by atomic mass is 19.1. The van der Waals surface area contributed by atoms with E-state index in [9.17, 15) is 9.50 Å². The third-order valence-electron chi connectivity index (χ3n) is 4.54. The van der Waals surface area contributed by atoms with Crippen molar-refractivity contribution < 1.29 is 9.50 Å². The normalized spacial score (nSPS) is 24.9. The zero-order valence-electron chi connectivity index (χ0n) is 12.6. The summed E-state index contributed by atoms with van der Waals surface area (Å²) in [7, 11) is 2.15. The van der Waals surface area contributed by atoms with E-state index in [0.29, 0.717) is 12.5 Å². The first kappa shape index (κ1) is 15.5. The zero-order chi connectivity index (χ0) is 14.5. The van der Waals surface area contributed by atoms with Crippen molar-refractivity contribution in [2.45, 2.75) is 51.2 Å². The van der Waals surface area contributed by atoms with E-state index < -0.39 is 6.10 Å². The molecule has 3 heteroatoms. The van der Waals surface area contributed by atoms with Crippen molar-refractivity contribution in [1.82, 2.24) is 4.90 Å². The van der Waals surface area contributed by atoms with Gasteiger partial charge in [-0.3, -0.25) is 0 Å². The van der Waals surface area contributed by atoms with Crippen molar-refractivity contribution in [2.75, 3.05) is 13.6 Å². The van der Waals surface area contributed by atoms with Gasteiger partial charge in [-0.1, -0.05) is 31.9 Å². The molecule has 1 aliphatic rings. The number of halogens is 1. The molecule has 1 N–H and O–H groups in total. The Balaban J connectivity index is 1.80. The maximum absolute atomic E-state index is 12.9. The van der Waals surface area contributed by atoms with Gasteiger partial charge < -0.3 is 10.0 Å². The SMILES string of the molecule is CC1CCCC(N(C)CCC(O)c2ccc(F)cc2)C1. The predicted octanol–water partition coefficient (Wildman–Crippen LogP) is 3.76. The van der Waals surface area contributed by atoms with Crippen LogP contribution in [0.2, 0.25) is 0 Å². The first-order chi connectivity index (χ1) is 9.56. The second-order valence-corrected chi connectivity index (χ2v) is 6.26. The molecule has 0 aliphatic heterocycles. The lowest BCUT2D eigenvalue weighted by Crippen LogP contribution is -2.36. The molecule has 0 amide bonds. The Hall–Kier alpha value is -0.930. The summed E-state index contributed by atoms with van der Waals surface area (Å²) in [5, 5.41) is 10.2. The molecular weight excluding hydrogens is 253 g/mol. The maximum atomic E-state index is 12.9. The number of hydrogen-bond acceptors (Lipinski definition) is 2. The number of aliphatic hydroxyl groups excluding tert-OH is 1. The summed E-state index contributed by atoms with van der Waals surface area (Å²) in [6.45, 7) is 3.21. The Bertz CT molecular complexity index is 406. The molecule has 1 saturated carbocycles. The van der Waals surface area contributed by atoms with Crippen LogP contribution < -0.4 is 0 Å². The van der Waals surface area contributed by atoms with Crippen molar-refractivity contribution >= 4 is 0 Å². The molecule has 1 aromatic rings. The molecule has 3 unspecified atom stereocenters. The molecule has 2 rings (SSSR count). The lowest BCUT2D eigenvalue weighted by atomic mass is 9.86. The van der Waals surface area contributed by atoms with Gasteiger partial charge in [-0.05, 0) is 49.9 Å². The zero-order valence-corrected chi connectivity index (χ0v) is 12.6. The van der Waals surface area contributed by atoms with Gasteiger partial charge in [0, 0.05) is 12.6 Å². The van der Waals surface area contributed by atoms with E-state index in [4.69, 9.17) is 0 Å². The lowest BCUT2D eigenvalue weighted by Gasteiger charge is -2.34. The third kappa shape index (κ3) is 4.29. The van der Waals surface area contributed by atoms with Crippen LogP contribution in [-0.4, -0.2) is 29.6 Å². The van der Waals surface area contributed by atoms with Gasteiger partial charge in [0.05, 0.1) is 6.10 Å². The van der Waals surface area contributed by atoms with Gasteiger partial charge in [0.1, 0.15) is 5.82 Å². The molecule has 0 radical (unpaired) electrons. The van der Waals surface area contributed by atoms with E-state index in [-0.39, 0.29) is 5.82 Å². The highest BCUT2D eigenvalue weighted by Gasteiger charge is 2.22. The average molecular weight is 279 g/mol. The molecule has 1 aliphatic carbocycles. The van der Waals surface area contributed by atoms with E-state index in [1.807, 2.05) is 0 Å². The van der Waals surface area contributed by atoms with Gasteiger partial charge in [-0.2, -0.15) is 0 Å². The number of hydrogen-bond donors (Lipinski definition) is 1. The number of aliphatic hydroxyl groups is 1. The first-order valence-corrected chi connectivity index (χ1v) is 7.70. The third-order valence-corrected chi connectivity index (χ3v) is 4.54. The van der Waals surface area contributed by atoms with Gasteiger partial charge in [0.2, 0.25) is 0 Å². The molecule has 2 nitrogen and oxygen atoms in total. The summed E-state index contributed by atoms with van der Waals surface area (Å²) in [6, 6.07) is 6.81. The molecule has 20 heavy (non-hydrogen) atoms. The maximum Gasteiger partial charge on any atom is 0.123 e. The fourth-order valence-electron chi connectivity index (χ4n) is 3.16. The molecule has 3 atom stereocenters. The molecule has 0 bridgehead atoms. The molecule has 1 aromatic carbocycles. The minimum absolute atomic E-state index is 0.255. The summed E-state index contributed by atoms with van der Waals surface area (Å²) in [5.41, 5.74) is 0.803. The largest absolute Gasteiger partial charge is 0.388 e. The van der Waals surface area contributed by atoms with Crippen LogP contribution in [0, 0.1) is 11.7 Å². The Labute approximate surface area is 121 Å². The van der Waals surface area contributed by atoms with E-state index in [1.165, 1.54) is 37.8 Å². The second kappa shape index (κ2) is 7.19. The quantitative estimate of drug-likeness (QED) is 0.887. The number of rotatable bonds is 5. The molecule has 0 heterocycles. The number of nitrogens with zero attached hydrogens (tertiary/aromatic N) is 1. The van der Waals surface area contributed by atoms with Gasteiger partial charge in [-0.15, -0.1) is 0 Å². The van der Waals surface area contributed by atoms with Crippen molar-refractivity contribution in [2.24, 2.45) is 5.92 Å². The lowest BCUT2D eigenvalue weighted by molar-refractivity contribution is 0.116. The highest BCUT2D eigenvalue weighted by Crippen LogP contribution is 2.27. The molecule has 0 spiro atoms. The molecule has 0 saturated heterocycles. The van der Waals surface area contributed by atoms with E-state index in [0.717, 1.165) is 18.0 Å². The summed E-state index contributed by atoms with van der Waals surface area (Å²) < 4.78 is 12.9. The van der Waals surface area contributed by atoms with Crippen LogP contribution in [-0.2, 0) is 0 Å². The van der Waals surface area contributed by atoms with Gasteiger partial charge in [0.25, 0.3) is 0 Å². The summed E-state index contributed by atoms with van der Waals surface area (Å²) in [4.78, 5) is 2.38. The standard InChI is InChI=1S/C17H26FNO/c1-13-4-3-5-16(12-13)19(2)11-10-17(20)14-6-8-15(18)9-7-14/h6-9,13,16-17,20H,3-5,10-12H2,1-2H3. The van der Waals surface area contributed by atoms with Crippen LogP contribution >= 0.6 is 0 Å². The molecular formula is C17H26FNO. The van der Waals surface area contributed by atoms with Crippen LogP contribution in [0.5, 0.6) is 0 Å². The predicted molar refractivity (Wildman–Crippen MR) is 80.0 cm³/mol. The van der Waals surface area contributed by atoms with Gasteiger partial charge >= 0.3 is 0 Å². The Morgan fingerprint density at radius 2 is 2.00 bits per heavy atom.